The van der Waals surface area contributed by atoms with Gasteiger partial charge in [0.1, 0.15) is 0 Å². The molecule has 1 aliphatic rings. The molecule has 9 heteroatoms. The van der Waals surface area contributed by atoms with E-state index in [1.807, 2.05) is 0 Å². The molecule has 26 heavy (non-hydrogen) atoms. The second-order valence-corrected chi connectivity index (χ2v) is 6.79. The molecule has 0 saturated carbocycles. The van der Waals surface area contributed by atoms with Gasteiger partial charge in [-0.05, 0) is 53.0 Å². The maximum Gasteiger partial charge on any atom is 0.287 e. The quantitative estimate of drug-likeness (QED) is 0.560. The Labute approximate surface area is 157 Å². The number of halogens is 1. The summed E-state index contributed by atoms with van der Waals surface area (Å²) in [5.74, 6) is -2.23. The highest BCUT2D eigenvalue weighted by Gasteiger charge is 2.26. The van der Waals surface area contributed by atoms with Crippen LogP contribution in [0.3, 0.4) is 0 Å². The van der Waals surface area contributed by atoms with Crippen LogP contribution in [-0.2, 0) is 0 Å². The predicted octanol–water partition coefficient (Wildman–Crippen LogP) is 2.19. The van der Waals surface area contributed by atoms with Crippen LogP contribution in [-0.4, -0.2) is 51.2 Å². The topological polar surface area (TPSA) is 123 Å². The molecule has 3 rings (SSSR count). The van der Waals surface area contributed by atoms with Crippen molar-refractivity contribution in [2.24, 2.45) is 0 Å². The Hall–Kier alpha value is -2.68. The first-order chi connectivity index (χ1) is 12.3. The summed E-state index contributed by atoms with van der Waals surface area (Å²) in [7, 11) is 0. The molecular weight excluding hydrogens is 408 g/mol. The van der Waals surface area contributed by atoms with Crippen LogP contribution >= 0.6 is 15.9 Å². The van der Waals surface area contributed by atoms with Crippen LogP contribution in [0.2, 0.25) is 0 Å². The minimum Gasteiger partial charge on any atom is -0.504 e. The van der Waals surface area contributed by atoms with Gasteiger partial charge in [-0.25, -0.2) is 0 Å². The van der Waals surface area contributed by atoms with Crippen molar-refractivity contribution in [3.63, 3.8) is 0 Å². The van der Waals surface area contributed by atoms with Gasteiger partial charge in [0.2, 0.25) is 0 Å². The number of hydrogen-bond acceptors (Lipinski definition) is 6. The number of aromatic hydroxyl groups is 3. The monoisotopic (exact) mass is 424 g/mol. The summed E-state index contributed by atoms with van der Waals surface area (Å²) in [4.78, 5) is 26.1. The van der Waals surface area contributed by atoms with Crippen LogP contribution < -0.4 is 5.32 Å². The van der Waals surface area contributed by atoms with Crippen molar-refractivity contribution in [1.82, 2.24) is 10.2 Å². The number of carbonyl (C=O) groups is 2. The number of hydrogen-bond donors (Lipinski definition) is 4. The minimum atomic E-state index is -0.660. The molecule has 1 aromatic heterocycles. The Morgan fingerprint density at radius 1 is 1.12 bits per heavy atom. The van der Waals surface area contributed by atoms with Crippen LogP contribution in [0.4, 0.5) is 0 Å². The van der Waals surface area contributed by atoms with Crippen LogP contribution in [0.25, 0.3) is 0 Å². The van der Waals surface area contributed by atoms with E-state index in [1.54, 1.807) is 17.0 Å². The third-order valence-corrected chi connectivity index (χ3v) is 4.66. The summed E-state index contributed by atoms with van der Waals surface area (Å²) in [6, 6.07) is 5.35. The first kappa shape index (κ1) is 18.1. The number of phenols is 3. The van der Waals surface area contributed by atoms with E-state index in [4.69, 9.17) is 4.42 Å². The van der Waals surface area contributed by atoms with Gasteiger partial charge in [0.15, 0.2) is 27.7 Å². The molecular formula is C17H17BrN2O6. The Morgan fingerprint density at radius 2 is 1.73 bits per heavy atom. The second-order valence-electron chi connectivity index (χ2n) is 6.01. The molecule has 1 aromatic carbocycles. The summed E-state index contributed by atoms with van der Waals surface area (Å²) < 4.78 is 5.68. The van der Waals surface area contributed by atoms with E-state index < -0.39 is 17.2 Å². The van der Waals surface area contributed by atoms with Gasteiger partial charge in [-0.3, -0.25) is 9.59 Å². The summed E-state index contributed by atoms with van der Waals surface area (Å²) in [5.41, 5.74) is 0.0840. The molecule has 138 valence electrons. The highest BCUT2D eigenvalue weighted by Crippen LogP contribution is 2.35. The van der Waals surface area contributed by atoms with E-state index >= 15 is 0 Å². The fraction of sp³-hybridized carbons (Fsp3) is 0.294. The molecule has 0 unspecified atom stereocenters. The molecule has 1 saturated heterocycles. The second kappa shape index (κ2) is 7.28. The van der Waals surface area contributed by atoms with Gasteiger partial charge in [-0.2, -0.15) is 0 Å². The van der Waals surface area contributed by atoms with Crippen molar-refractivity contribution in [3.05, 3.63) is 40.3 Å². The van der Waals surface area contributed by atoms with Gasteiger partial charge < -0.3 is 30.0 Å². The number of phenolic OH excluding ortho intramolecular Hbond substituents is 3. The normalized spacial score (nSPS) is 15.0. The summed E-state index contributed by atoms with van der Waals surface area (Å²) in [6.45, 7) is 0.821. The Kier molecular flexibility index (Phi) is 5.08. The van der Waals surface area contributed by atoms with Crippen LogP contribution in [0.5, 0.6) is 17.2 Å². The number of nitrogens with one attached hydrogen (secondary N) is 1. The third-order valence-electron chi connectivity index (χ3n) is 4.23. The fourth-order valence-electron chi connectivity index (χ4n) is 2.83. The predicted molar refractivity (Wildman–Crippen MR) is 94.2 cm³/mol. The average Bonchev–Trinajstić information content (AvgIpc) is 3.06. The average molecular weight is 425 g/mol. The SMILES string of the molecule is O=C(NC1CCN(C(=O)c2cc(O)c(O)c(O)c2)CC1)c1ccc(Br)o1. The minimum absolute atomic E-state index is 0.0840. The highest BCUT2D eigenvalue weighted by molar-refractivity contribution is 9.10. The van der Waals surface area contributed by atoms with Crippen molar-refractivity contribution in [2.75, 3.05) is 13.1 Å². The van der Waals surface area contributed by atoms with Crippen molar-refractivity contribution in [1.29, 1.82) is 0 Å². The first-order valence-electron chi connectivity index (χ1n) is 7.95. The van der Waals surface area contributed by atoms with Gasteiger partial charge in [0.25, 0.3) is 11.8 Å². The largest absolute Gasteiger partial charge is 0.504 e. The van der Waals surface area contributed by atoms with E-state index in [9.17, 15) is 24.9 Å². The van der Waals surface area contributed by atoms with E-state index in [0.29, 0.717) is 30.6 Å². The van der Waals surface area contributed by atoms with Gasteiger partial charge in [0.05, 0.1) is 0 Å². The lowest BCUT2D eigenvalue weighted by atomic mass is 10.0. The molecule has 0 aliphatic carbocycles. The summed E-state index contributed by atoms with van der Waals surface area (Å²) in [6.07, 6.45) is 1.13. The zero-order chi connectivity index (χ0) is 18.8. The van der Waals surface area contributed by atoms with Crippen molar-refractivity contribution >= 4 is 27.7 Å². The number of carbonyl (C=O) groups excluding carboxylic acids is 2. The number of amides is 2. The van der Waals surface area contributed by atoms with Crippen LogP contribution in [0.15, 0.2) is 33.4 Å². The Bertz CT molecular complexity index is 819. The molecule has 4 N–H and O–H groups in total. The van der Waals surface area contributed by atoms with Gasteiger partial charge >= 0.3 is 0 Å². The molecule has 2 amide bonds. The fourth-order valence-corrected chi connectivity index (χ4v) is 3.14. The van der Waals surface area contributed by atoms with Gasteiger partial charge in [-0.15, -0.1) is 0 Å². The van der Waals surface area contributed by atoms with E-state index in [0.717, 1.165) is 12.1 Å². The smallest absolute Gasteiger partial charge is 0.287 e. The summed E-state index contributed by atoms with van der Waals surface area (Å²) in [5, 5.41) is 31.3. The lowest BCUT2D eigenvalue weighted by Crippen LogP contribution is -2.46. The van der Waals surface area contributed by atoms with Crippen LogP contribution in [0, 0.1) is 0 Å². The molecule has 0 radical (unpaired) electrons. The van der Waals surface area contributed by atoms with Crippen molar-refractivity contribution in [3.8, 4) is 17.2 Å². The highest BCUT2D eigenvalue weighted by atomic mass is 79.9. The van der Waals surface area contributed by atoms with E-state index in [1.165, 1.54) is 0 Å². The number of piperidine rings is 1. The maximum atomic E-state index is 12.5. The standard InChI is InChI=1S/C17H17BrN2O6/c18-14-2-1-13(26-14)16(24)19-10-3-5-20(6-4-10)17(25)9-7-11(21)15(23)12(22)8-9/h1-2,7-8,10,21-23H,3-6H2,(H,19,24). The number of furan rings is 1. The number of nitrogens with zero attached hydrogens (tertiary/aromatic N) is 1. The third kappa shape index (κ3) is 3.77. The van der Waals surface area contributed by atoms with E-state index in [-0.39, 0.29) is 29.2 Å². The summed E-state index contributed by atoms with van der Waals surface area (Å²) >= 11 is 3.14. The van der Waals surface area contributed by atoms with Gasteiger partial charge in [-0.1, -0.05) is 0 Å². The maximum absolute atomic E-state index is 12.5. The molecule has 0 spiro atoms. The number of rotatable bonds is 3. The van der Waals surface area contributed by atoms with Crippen molar-refractivity contribution in [2.45, 2.75) is 18.9 Å². The van der Waals surface area contributed by atoms with Gasteiger partial charge in [0, 0.05) is 24.7 Å². The zero-order valence-electron chi connectivity index (χ0n) is 13.6. The Balaban J connectivity index is 1.58. The molecule has 1 fully saturated rings. The molecule has 1 aliphatic heterocycles. The molecule has 2 aromatic rings. The molecule has 2 heterocycles. The zero-order valence-corrected chi connectivity index (χ0v) is 15.2. The lowest BCUT2D eigenvalue weighted by molar-refractivity contribution is 0.0694. The van der Waals surface area contributed by atoms with Crippen LogP contribution in [0.1, 0.15) is 33.8 Å². The number of benzene rings is 1. The number of likely N-dealkylation sites (tertiary alicyclic amines) is 1. The first-order valence-corrected chi connectivity index (χ1v) is 8.75. The van der Waals surface area contributed by atoms with Crippen molar-refractivity contribution < 1.29 is 29.3 Å². The van der Waals surface area contributed by atoms with E-state index in [2.05, 4.69) is 21.2 Å². The lowest BCUT2D eigenvalue weighted by Gasteiger charge is -2.32. The molecule has 0 bridgehead atoms. The molecule has 0 atom stereocenters. The molecule has 8 nitrogen and oxygen atoms in total. The Morgan fingerprint density at radius 3 is 2.27 bits per heavy atom.